The van der Waals surface area contributed by atoms with Crippen molar-refractivity contribution in [3.63, 3.8) is 0 Å². The van der Waals surface area contributed by atoms with Gasteiger partial charge >= 0.3 is 0 Å². The van der Waals surface area contributed by atoms with Gasteiger partial charge in [-0.25, -0.2) is 0 Å². The lowest BCUT2D eigenvalue weighted by molar-refractivity contribution is -0.121. The molecular formula is C14H15ClN2O2. The first-order valence-corrected chi connectivity index (χ1v) is 6.38. The van der Waals surface area contributed by atoms with Crippen LogP contribution >= 0.6 is 11.6 Å². The molecule has 0 spiro atoms. The summed E-state index contributed by atoms with van der Waals surface area (Å²) in [6.07, 6.45) is 3.99. The van der Waals surface area contributed by atoms with Crippen molar-refractivity contribution in [3.8, 4) is 5.75 Å². The van der Waals surface area contributed by atoms with Gasteiger partial charge in [-0.3, -0.25) is 4.79 Å². The number of aromatic nitrogens is 1. The number of H-pyrrole nitrogens is 1. The Labute approximate surface area is 116 Å². The van der Waals surface area contributed by atoms with Gasteiger partial charge < -0.3 is 15.0 Å². The first-order valence-electron chi connectivity index (χ1n) is 6.01. The van der Waals surface area contributed by atoms with E-state index in [1.807, 2.05) is 30.6 Å². The number of hydrogen-bond acceptors (Lipinski definition) is 2. The van der Waals surface area contributed by atoms with E-state index in [4.69, 9.17) is 16.3 Å². The van der Waals surface area contributed by atoms with Crippen molar-refractivity contribution in [2.75, 3.05) is 6.61 Å². The smallest absolute Gasteiger partial charge is 0.223 e. The first kappa shape index (κ1) is 13.5. The van der Waals surface area contributed by atoms with Gasteiger partial charge in [0, 0.05) is 24.0 Å². The van der Waals surface area contributed by atoms with Crippen molar-refractivity contribution >= 4 is 17.5 Å². The van der Waals surface area contributed by atoms with E-state index in [-0.39, 0.29) is 5.91 Å². The van der Waals surface area contributed by atoms with Crippen LogP contribution in [0.3, 0.4) is 0 Å². The Morgan fingerprint density at radius 3 is 3.00 bits per heavy atom. The Morgan fingerprint density at radius 2 is 2.26 bits per heavy atom. The number of nitrogens with one attached hydrogen (secondary N) is 2. The summed E-state index contributed by atoms with van der Waals surface area (Å²) >= 11 is 5.83. The van der Waals surface area contributed by atoms with Crippen molar-refractivity contribution < 1.29 is 9.53 Å². The summed E-state index contributed by atoms with van der Waals surface area (Å²) in [7, 11) is 0. The number of halogens is 1. The van der Waals surface area contributed by atoms with Crippen molar-refractivity contribution in [3.05, 3.63) is 53.3 Å². The SMILES string of the molecule is O=C(CCOc1cccc(Cl)c1)NCc1cc[nH]c1. The van der Waals surface area contributed by atoms with E-state index in [1.165, 1.54) is 0 Å². The summed E-state index contributed by atoms with van der Waals surface area (Å²) in [6.45, 7) is 0.860. The number of carbonyl (C=O) groups is 1. The second kappa shape index (κ2) is 6.85. The molecule has 5 heteroatoms. The summed E-state index contributed by atoms with van der Waals surface area (Å²) in [5, 5.41) is 3.44. The number of ether oxygens (including phenoxy) is 1. The lowest BCUT2D eigenvalue weighted by Crippen LogP contribution is -2.24. The van der Waals surface area contributed by atoms with Gasteiger partial charge in [0.05, 0.1) is 13.0 Å². The fourth-order valence-corrected chi connectivity index (χ4v) is 1.76. The predicted molar refractivity (Wildman–Crippen MR) is 74.2 cm³/mol. The fraction of sp³-hybridized carbons (Fsp3) is 0.214. The van der Waals surface area contributed by atoms with Gasteiger partial charge in [-0.1, -0.05) is 17.7 Å². The zero-order valence-electron chi connectivity index (χ0n) is 10.4. The maximum Gasteiger partial charge on any atom is 0.223 e. The van der Waals surface area contributed by atoms with E-state index in [0.717, 1.165) is 5.56 Å². The molecule has 0 saturated carbocycles. The van der Waals surface area contributed by atoms with Gasteiger partial charge in [0.25, 0.3) is 0 Å². The van der Waals surface area contributed by atoms with Crippen LogP contribution in [0.5, 0.6) is 5.75 Å². The van der Waals surface area contributed by atoms with E-state index >= 15 is 0 Å². The largest absolute Gasteiger partial charge is 0.493 e. The monoisotopic (exact) mass is 278 g/mol. The molecule has 1 amide bonds. The van der Waals surface area contributed by atoms with Crippen LogP contribution in [0.25, 0.3) is 0 Å². The molecule has 1 heterocycles. The Bertz CT molecular complexity index is 526. The molecule has 4 nitrogen and oxygen atoms in total. The van der Waals surface area contributed by atoms with Crippen LogP contribution in [0.2, 0.25) is 5.02 Å². The maximum absolute atomic E-state index is 11.6. The molecule has 0 unspecified atom stereocenters. The molecule has 0 aliphatic carbocycles. The lowest BCUT2D eigenvalue weighted by atomic mass is 10.3. The highest BCUT2D eigenvalue weighted by atomic mass is 35.5. The standard InChI is InChI=1S/C14H15ClN2O2/c15-12-2-1-3-13(8-12)19-7-5-14(18)17-10-11-4-6-16-9-11/h1-4,6,8-9,16H,5,7,10H2,(H,17,18). The van der Waals surface area contributed by atoms with Gasteiger partial charge in [-0.2, -0.15) is 0 Å². The van der Waals surface area contributed by atoms with Crippen molar-refractivity contribution in [1.29, 1.82) is 0 Å². The van der Waals surface area contributed by atoms with Gasteiger partial charge in [0.2, 0.25) is 5.91 Å². The molecule has 0 aliphatic heterocycles. The number of hydrogen-bond donors (Lipinski definition) is 2. The van der Waals surface area contributed by atoms with E-state index in [2.05, 4.69) is 10.3 Å². The Morgan fingerprint density at radius 1 is 1.37 bits per heavy atom. The molecule has 2 aromatic rings. The molecule has 0 radical (unpaired) electrons. The van der Waals surface area contributed by atoms with Gasteiger partial charge in [0.15, 0.2) is 0 Å². The second-order valence-electron chi connectivity index (χ2n) is 4.05. The molecule has 0 saturated heterocycles. The molecule has 1 aromatic heterocycles. The molecule has 2 N–H and O–H groups in total. The number of rotatable bonds is 6. The van der Waals surface area contributed by atoms with Gasteiger partial charge in [0.1, 0.15) is 5.75 Å². The number of carbonyl (C=O) groups excluding carboxylic acids is 1. The number of benzene rings is 1. The fourth-order valence-electron chi connectivity index (χ4n) is 1.58. The van der Waals surface area contributed by atoms with Crippen molar-refractivity contribution in [1.82, 2.24) is 10.3 Å². The lowest BCUT2D eigenvalue weighted by Gasteiger charge is -2.07. The van der Waals surface area contributed by atoms with Crippen molar-refractivity contribution in [2.24, 2.45) is 0 Å². The predicted octanol–water partition coefficient (Wildman–Crippen LogP) is 2.75. The Hall–Kier alpha value is -1.94. The molecule has 0 atom stereocenters. The van der Waals surface area contributed by atoms with Crippen LogP contribution in [0, 0.1) is 0 Å². The summed E-state index contributed by atoms with van der Waals surface area (Å²) < 4.78 is 5.44. The third-order valence-corrected chi connectivity index (χ3v) is 2.78. The second-order valence-corrected chi connectivity index (χ2v) is 4.49. The highest BCUT2D eigenvalue weighted by Crippen LogP contribution is 2.17. The first-order chi connectivity index (χ1) is 9.24. The van der Waals surface area contributed by atoms with Crippen LogP contribution in [0.15, 0.2) is 42.7 Å². The highest BCUT2D eigenvalue weighted by molar-refractivity contribution is 6.30. The Balaban J connectivity index is 1.66. The van der Waals surface area contributed by atoms with Crippen LogP contribution in [-0.2, 0) is 11.3 Å². The topological polar surface area (TPSA) is 54.1 Å². The molecular weight excluding hydrogens is 264 g/mol. The molecule has 2 rings (SSSR count). The summed E-state index contributed by atoms with van der Waals surface area (Å²) in [5.41, 5.74) is 1.05. The molecule has 19 heavy (non-hydrogen) atoms. The average molecular weight is 279 g/mol. The van der Waals surface area contributed by atoms with Gasteiger partial charge in [-0.15, -0.1) is 0 Å². The van der Waals surface area contributed by atoms with Gasteiger partial charge in [-0.05, 0) is 29.8 Å². The molecule has 0 bridgehead atoms. The highest BCUT2D eigenvalue weighted by Gasteiger charge is 2.02. The molecule has 0 aliphatic rings. The molecule has 1 aromatic carbocycles. The van der Waals surface area contributed by atoms with Crippen LogP contribution in [0.4, 0.5) is 0 Å². The third kappa shape index (κ3) is 4.67. The normalized spacial score (nSPS) is 10.2. The molecule has 100 valence electrons. The minimum atomic E-state index is -0.0387. The van der Waals surface area contributed by atoms with E-state index in [1.54, 1.807) is 12.1 Å². The quantitative estimate of drug-likeness (QED) is 0.854. The average Bonchev–Trinajstić information content (AvgIpc) is 2.89. The zero-order valence-corrected chi connectivity index (χ0v) is 11.1. The van der Waals surface area contributed by atoms with E-state index in [9.17, 15) is 4.79 Å². The minimum absolute atomic E-state index is 0.0387. The summed E-state index contributed by atoms with van der Waals surface area (Å²) in [5.74, 6) is 0.633. The minimum Gasteiger partial charge on any atom is -0.493 e. The van der Waals surface area contributed by atoms with E-state index < -0.39 is 0 Å². The zero-order chi connectivity index (χ0) is 13.5. The van der Waals surface area contributed by atoms with Crippen LogP contribution in [0.1, 0.15) is 12.0 Å². The summed E-state index contributed by atoms with van der Waals surface area (Å²) in [4.78, 5) is 14.5. The maximum atomic E-state index is 11.6. The summed E-state index contributed by atoms with van der Waals surface area (Å²) in [6, 6.07) is 9.03. The van der Waals surface area contributed by atoms with Crippen LogP contribution < -0.4 is 10.1 Å². The number of aromatic amines is 1. The third-order valence-electron chi connectivity index (χ3n) is 2.55. The number of amides is 1. The van der Waals surface area contributed by atoms with Crippen LogP contribution in [-0.4, -0.2) is 17.5 Å². The molecule has 0 fully saturated rings. The Kier molecular flexibility index (Phi) is 4.86. The van der Waals surface area contributed by atoms with Crippen molar-refractivity contribution in [2.45, 2.75) is 13.0 Å². The van der Waals surface area contributed by atoms with E-state index in [0.29, 0.717) is 30.3 Å².